The van der Waals surface area contributed by atoms with Crippen molar-refractivity contribution in [3.05, 3.63) is 64.3 Å². The number of unbranched alkanes of at least 4 members (excludes halogenated alkanes) is 1. The molecule has 11 heteroatoms. The second-order valence-electron chi connectivity index (χ2n) is 7.36. The van der Waals surface area contributed by atoms with E-state index in [4.69, 9.17) is 16.3 Å². The van der Waals surface area contributed by atoms with Crippen LogP contribution in [-0.2, 0) is 10.9 Å². The Morgan fingerprint density at radius 1 is 1.18 bits per heavy atom. The summed E-state index contributed by atoms with van der Waals surface area (Å²) in [7, 11) is 0. The van der Waals surface area contributed by atoms with Crippen molar-refractivity contribution >= 4 is 40.5 Å². The van der Waals surface area contributed by atoms with Gasteiger partial charge in [0.15, 0.2) is 5.65 Å². The molecule has 1 aliphatic rings. The maximum Gasteiger partial charge on any atom is 0.416 e. The lowest BCUT2D eigenvalue weighted by atomic mass is 10.1. The van der Waals surface area contributed by atoms with Crippen molar-refractivity contribution < 1.29 is 27.5 Å². The summed E-state index contributed by atoms with van der Waals surface area (Å²) in [5.74, 6) is -0.727. The fourth-order valence-electron chi connectivity index (χ4n) is 3.46. The Morgan fingerprint density at radius 2 is 1.94 bits per heavy atom. The van der Waals surface area contributed by atoms with E-state index in [-0.39, 0.29) is 27.7 Å². The number of pyridine rings is 2. The highest BCUT2D eigenvalue weighted by molar-refractivity contribution is 6.29. The fourth-order valence-corrected chi connectivity index (χ4v) is 3.60. The number of nitrogens with one attached hydrogen (secondary N) is 1. The number of fused-ring (bicyclic) bond motifs is 2. The third-order valence-electron chi connectivity index (χ3n) is 5.10. The summed E-state index contributed by atoms with van der Waals surface area (Å²) in [4.78, 5) is 35.0. The zero-order valence-electron chi connectivity index (χ0n) is 17.3. The second kappa shape index (κ2) is 8.86. The van der Waals surface area contributed by atoms with Gasteiger partial charge in [-0.15, -0.1) is 0 Å². The van der Waals surface area contributed by atoms with Crippen LogP contribution in [0.5, 0.6) is 0 Å². The van der Waals surface area contributed by atoms with Gasteiger partial charge in [0.05, 0.1) is 5.56 Å². The zero-order chi connectivity index (χ0) is 23.8. The van der Waals surface area contributed by atoms with Gasteiger partial charge < -0.3 is 10.1 Å². The molecule has 0 saturated carbocycles. The van der Waals surface area contributed by atoms with Gasteiger partial charge in [-0.25, -0.2) is 14.8 Å². The summed E-state index contributed by atoms with van der Waals surface area (Å²) in [6.45, 7) is 2.30. The number of hydrogen-bond donors (Lipinski definition) is 1. The van der Waals surface area contributed by atoms with Crippen molar-refractivity contribution in [2.24, 2.45) is 0 Å². The molecule has 0 radical (unpaired) electrons. The monoisotopic (exact) mass is 478 g/mol. The molecule has 0 spiro atoms. The van der Waals surface area contributed by atoms with Crippen LogP contribution in [0.25, 0.3) is 11.0 Å². The lowest BCUT2D eigenvalue weighted by molar-refractivity contribution is -0.137. The highest BCUT2D eigenvalue weighted by atomic mass is 35.5. The number of carbonyl (C=O) groups excluding carboxylic acids is 2. The van der Waals surface area contributed by atoms with Gasteiger partial charge in [0, 0.05) is 23.1 Å². The predicted molar refractivity (Wildman–Crippen MR) is 115 cm³/mol. The van der Waals surface area contributed by atoms with E-state index >= 15 is 0 Å². The first kappa shape index (κ1) is 22.8. The molecule has 3 aromatic rings. The van der Waals surface area contributed by atoms with E-state index < -0.39 is 30.0 Å². The van der Waals surface area contributed by atoms with Crippen LogP contribution < -0.4 is 10.2 Å². The second-order valence-corrected chi connectivity index (χ2v) is 7.75. The molecule has 2 aromatic heterocycles. The average molecular weight is 479 g/mol. The van der Waals surface area contributed by atoms with E-state index in [2.05, 4.69) is 15.3 Å². The molecule has 0 bridgehead atoms. The number of ether oxygens (including phenoxy) is 1. The Balaban J connectivity index is 1.76. The minimum Gasteiger partial charge on any atom is -0.420 e. The summed E-state index contributed by atoms with van der Waals surface area (Å²) in [5.41, 5.74) is -0.856. The molecule has 7 nitrogen and oxygen atoms in total. The molecule has 172 valence electrons. The molecule has 2 amide bonds. The highest BCUT2D eigenvalue weighted by Gasteiger charge is 2.43. The first-order chi connectivity index (χ1) is 15.7. The standard InChI is InChI=1S/C22H18ClF3N4O3/c1-2-3-10-27-21(32)33-20-14-7-6-13(22(24,25)26)11-15(14)19(31)30(20)17-9-5-12-4-8-16(23)28-18(12)29-17/h4-9,11,20H,2-3,10H2,1H3,(H,27,32). The van der Waals surface area contributed by atoms with Crippen LogP contribution in [-0.4, -0.2) is 28.5 Å². The van der Waals surface area contributed by atoms with Gasteiger partial charge in [-0.2, -0.15) is 13.2 Å². The number of alkyl halides is 3. The molecule has 0 saturated heterocycles. The average Bonchev–Trinajstić information content (AvgIpc) is 3.03. The lowest BCUT2D eigenvalue weighted by Crippen LogP contribution is -2.35. The van der Waals surface area contributed by atoms with Crippen LogP contribution in [0.2, 0.25) is 5.15 Å². The third-order valence-corrected chi connectivity index (χ3v) is 5.31. The van der Waals surface area contributed by atoms with Crippen molar-refractivity contribution in [2.75, 3.05) is 11.4 Å². The number of hydrogen-bond acceptors (Lipinski definition) is 5. The van der Waals surface area contributed by atoms with Gasteiger partial charge >= 0.3 is 12.3 Å². The number of halogens is 4. The number of anilines is 1. The quantitative estimate of drug-likeness (QED) is 0.387. The Bertz CT molecular complexity index is 1240. The van der Waals surface area contributed by atoms with Crippen molar-refractivity contribution in [1.82, 2.24) is 15.3 Å². The largest absolute Gasteiger partial charge is 0.420 e. The van der Waals surface area contributed by atoms with Gasteiger partial charge in [0.2, 0.25) is 6.23 Å². The van der Waals surface area contributed by atoms with Crippen molar-refractivity contribution in [2.45, 2.75) is 32.2 Å². The number of amides is 2. The van der Waals surface area contributed by atoms with Crippen LogP contribution in [0.15, 0.2) is 42.5 Å². The molecule has 1 N–H and O–H groups in total. The van der Waals surface area contributed by atoms with Crippen molar-refractivity contribution in [1.29, 1.82) is 0 Å². The first-order valence-corrected chi connectivity index (χ1v) is 10.5. The summed E-state index contributed by atoms with van der Waals surface area (Å²) in [6.07, 6.45) is -5.19. The minimum atomic E-state index is -4.64. The Morgan fingerprint density at radius 3 is 2.67 bits per heavy atom. The maximum atomic E-state index is 13.2. The molecule has 33 heavy (non-hydrogen) atoms. The lowest BCUT2D eigenvalue weighted by Gasteiger charge is -2.24. The number of alkyl carbamates (subject to hydrolysis) is 1. The SMILES string of the molecule is CCCCNC(=O)OC1c2ccc(C(F)(F)F)cc2C(=O)N1c1ccc2ccc(Cl)nc2n1. The summed E-state index contributed by atoms with van der Waals surface area (Å²) >= 11 is 5.93. The van der Waals surface area contributed by atoms with E-state index in [9.17, 15) is 22.8 Å². The van der Waals surface area contributed by atoms with Crippen LogP contribution in [0, 0.1) is 0 Å². The van der Waals surface area contributed by atoms with E-state index in [0.29, 0.717) is 18.4 Å². The van der Waals surface area contributed by atoms with Gasteiger partial charge in [-0.1, -0.05) is 31.0 Å². The van der Waals surface area contributed by atoms with Gasteiger partial charge in [0.25, 0.3) is 5.91 Å². The number of benzene rings is 1. The number of nitrogens with zero attached hydrogens (tertiary/aromatic N) is 3. The molecular weight excluding hydrogens is 461 g/mol. The molecule has 0 fully saturated rings. The van der Waals surface area contributed by atoms with Crippen molar-refractivity contribution in [3.63, 3.8) is 0 Å². The molecule has 1 aromatic carbocycles. The van der Waals surface area contributed by atoms with E-state index in [1.165, 1.54) is 6.07 Å². The smallest absolute Gasteiger partial charge is 0.416 e. The van der Waals surface area contributed by atoms with Crippen LogP contribution in [0.1, 0.15) is 47.5 Å². The maximum absolute atomic E-state index is 13.2. The van der Waals surface area contributed by atoms with Crippen LogP contribution in [0.4, 0.5) is 23.8 Å². The minimum absolute atomic E-state index is 0.0541. The number of aromatic nitrogens is 2. The summed E-state index contributed by atoms with van der Waals surface area (Å²) in [5, 5.41) is 3.39. The fraction of sp³-hybridized carbons (Fsp3) is 0.273. The first-order valence-electron chi connectivity index (χ1n) is 10.1. The molecule has 1 atom stereocenters. The summed E-state index contributed by atoms with van der Waals surface area (Å²) < 4.78 is 45.2. The highest BCUT2D eigenvalue weighted by Crippen LogP contribution is 2.40. The zero-order valence-corrected chi connectivity index (χ0v) is 18.1. The molecule has 1 aliphatic heterocycles. The molecule has 3 heterocycles. The third kappa shape index (κ3) is 4.56. The van der Waals surface area contributed by atoms with E-state index in [1.54, 1.807) is 18.2 Å². The topological polar surface area (TPSA) is 84.4 Å². The molecular formula is C22H18ClF3N4O3. The molecule has 1 unspecified atom stereocenters. The van der Waals surface area contributed by atoms with Gasteiger partial charge in [-0.05, 0) is 42.8 Å². The van der Waals surface area contributed by atoms with Crippen LogP contribution >= 0.6 is 11.6 Å². The molecule has 0 aliphatic carbocycles. The van der Waals surface area contributed by atoms with E-state index in [1.807, 2.05) is 6.92 Å². The number of rotatable bonds is 5. The van der Waals surface area contributed by atoms with Gasteiger partial charge in [-0.3, -0.25) is 9.69 Å². The molecule has 4 rings (SSSR count). The van der Waals surface area contributed by atoms with Crippen molar-refractivity contribution in [3.8, 4) is 0 Å². The predicted octanol–water partition coefficient (Wildman–Crippen LogP) is 5.49. The Kier molecular flexibility index (Phi) is 6.11. The van der Waals surface area contributed by atoms with Crippen LogP contribution in [0.3, 0.4) is 0 Å². The number of carbonyl (C=O) groups is 2. The summed E-state index contributed by atoms with van der Waals surface area (Å²) in [6, 6.07) is 9.13. The van der Waals surface area contributed by atoms with Gasteiger partial charge in [0.1, 0.15) is 11.0 Å². The Labute approximate surface area is 191 Å². The normalized spacial score (nSPS) is 15.6. The Hall–Kier alpha value is -3.40. The van der Waals surface area contributed by atoms with E-state index in [0.717, 1.165) is 29.5 Å².